The van der Waals surface area contributed by atoms with Crippen LogP contribution in [0.1, 0.15) is 0 Å². The largest absolute Gasteiger partial charge is 0.396 e. The molecule has 2 N–H and O–H groups in total. The van der Waals surface area contributed by atoms with Crippen LogP contribution in [0.2, 0.25) is 10.0 Å². The molecule has 0 amide bonds. The van der Waals surface area contributed by atoms with E-state index >= 15 is 0 Å². The summed E-state index contributed by atoms with van der Waals surface area (Å²) in [5.41, 5.74) is 8.96. The Hall–Kier alpha value is -1.71. The average Bonchev–Trinajstić information content (AvgIpc) is 2.74. The van der Waals surface area contributed by atoms with E-state index in [4.69, 9.17) is 28.9 Å². The minimum absolute atomic E-state index is 0.558. The van der Waals surface area contributed by atoms with Gasteiger partial charge in [-0.3, -0.25) is 0 Å². The van der Waals surface area contributed by atoms with Gasteiger partial charge in [-0.2, -0.15) is 0 Å². The number of halogens is 2. The minimum atomic E-state index is 0.558. The van der Waals surface area contributed by atoms with Crippen molar-refractivity contribution in [2.24, 2.45) is 0 Å². The molecular formula is C13H9Cl2N3. The van der Waals surface area contributed by atoms with Gasteiger partial charge in [0.05, 0.1) is 16.4 Å². The monoisotopic (exact) mass is 277 g/mol. The van der Waals surface area contributed by atoms with Gasteiger partial charge >= 0.3 is 0 Å². The summed E-state index contributed by atoms with van der Waals surface area (Å²) in [6.45, 7) is 0. The number of benzene rings is 1. The van der Waals surface area contributed by atoms with E-state index in [1.807, 2.05) is 34.9 Å². The van der Waals surface area contributed by atoms with E-state index in [0.717, 1.165) is 11.3 Å². The Kier molecular flexibility index (Phi) is 2.65. The number of hydrogen-bond donors (Lipinski definition) is 1. The molecule has 0 saturated heterocycles. The molecule has 18 heavy (non-hydrogen) atoms. The zero-order chi connectivity index (χ0) is 12.7. The molecule has 90 valence electrons. The number of nitrogens with two attached hydrogens (primary N) is 1. The number of nitrogen functional groups attached to an aromatic ring is 1. The van der Waals surface area contributed by atoms with Gasteiger partial charge in [0.25, 0.3) is 0 Å². The second-order valence-electron chi connectivity index (χ2n) is 3.98. The van der Waals surface area contributed by atoms with E-state index in [9.17, 15) is 0 Å². The first-order valence-corrected chi connectivity index (χ1v) is 6.09. The first-order chi connectivity index (χ1) is 8.63. The van der Waals surface area contributed by atoms with Crippen molar-refractivity contribution in [2.75, 3.05) is 5.73 Å². The van der Waals surface area contributed by atoms with Crippen LogP contribution in [-0.2, 0) is 0 Å². The molecule has 0 bridgehead atoms. The maximum atomic E-state index is 5.95. The van der Waals surface area contributed by atoms with E-state index < -0.39 is 0 Å². The fourth-order valence-electron chi connectivity index (χ4n) is 1.85. The predicted molar refractivity (Wildman–Crippen MR) is 75.1 cm³/mol. The summed E-state index contributed by atoms with van der Waals surface area (Å²) in [5, 5.41) is 1.28. The lowest BCUT2D eigenvalue weighted by Crippen LogP contribution is -1.91. The van der Waals surface area contributed by atoms with Gasteiger partial charge in [0, 0.05) is 23.0 Å². The van der Waals surface area contributed by atoms with Crippen molar-refractivity contribution in [1.82, 2.24) is 9.38 Å². The molecular weight excluding hydrogens is 269 g/mol. The van der Waals surface area contributed by atoms with Crippen LogP contribution in [0, 0.1) is 0 Å². The van der Waals surface area contributed by atoms with Gasteiger partial charge in [-0.1, -0.05) is 35.3 Å². The molecule has 3 aromatic rings. The van der Waals surface area contributed by atoms with Crippen LogP contribution in [0.5, 0.6) is 0 Å². The van der Waals surface area contributed by atoms with Crippen LogP contribution in [0.25, 0.3) is 16.9 Å². The topological polar surface area (TPSA) is 43.3 Å². The number of fused-ring (bicyclic) bond motifs is 1. The van der Waals surface area contributed by atoms with Crippen LogP contribution in [0.4, 0.5) is 5.69 Å². The third-order valence-corrected chi connectivity index (χ3v) is 3.14. The number of anilines is 1. The number of rotatable bonds is 1. The molecule has 1 aromatic carbocycles. The van der Waals surface area contributed by atoms with Crippen LogP contribution in [0.15, 0.2) is 42.7 Å². The molecule has 0 atom stereocenters. The maximum Gasteiger partial charge on any atom is 0.160 e. The molecule has 3 nitrogen and oxygen atoms in total. The van der Waals surface area contributed by atoms with E-state index in [1.165, 1.54) is 0 Å². The van der Waals surface area contributed by atoms with Crippen molar-refractivity contribution < 1.29 is 0 Å². The minimum Gasteiger partial charge on any atom is -0.396 e. The Morgan fingerprint density at radius 3 is 2.44 bits per heavy atom. The molecule has 0 aliphatic heterocycles. The predicted octanol–water partition coefficient (Wildman–Crippen LogP) is 3.89. The lowest BCUT2D eigenvalue weighted by molar-refractivity contribution is 1.19. The second kappa shape index (κ2) is 4.19. The van der Waals surface area contributed by atoms with Crippen LogP contribution >= 0.6 is 23.2 Å². The molecule has 0 spiro atoms. The molecule has 0 aliphatic carbocycles. The second-order valence-corrected chi connectivity index (χ2v) is 4.85. The van der Waals surface area contributed by atoms with Crippen molar-refractivity contribution >= 4 is 34.5 Å². The van der Waals surface area contributed by atoms with Gasteiger partial charge in [-0.15, -0.1) is 0 Å². The molecule has 0 saturated carbocycles. The molecule has 0 unspecified atom stereocenters. The summed E-state index contributed by atoms with van der Waals surface area (Å²) in [6.07, 6.45) is 3.67. The number of hydrogen-bond acceptors (Lipinski definition) is 2. The summed E-state index contributed by atoms with van der Waals surface area (Å²) in [6, 6.07) is 9.19. The van der Waals surface area contributed by atoms with Crippen LogP contribution in [-0.4, -0.2) is 9.38 Å². The number of imidazole rings is 1. The average molecular weight is 278 g/mol. The fourth-order valence-corrected chi connectivity index (χ4v) is 2.20. The highest BCUT2D eigenvalue weighted by Crippen LogP contribution is 2.25. The highest BCUT2D eigenvalue weighted by molar-refractivity contribution is 6.31. The summed E-state index contributed by atoms with van der Waals surface area (Å²) in [7, 11) is 0. The lowest BCUT2D eigenvalue weighted by atomic mass is 10.2. The summed E-state index contributed by atoms with van der Waals surface area (Å²) >= 11 is 11.8. The van der Waals surface area contributed by atoms with Crippen molar-refractivity contribution in [3.05, 3.63) is 52.8 Å². The quantitative estimate of drug-likeness (QED) is 0.733. The number of pyridine rings is 1. The zero-order valence-electron chi connectivity index (χ0n) is 9.27. The van der Waals surface area contributed by atoms with E-state index in [2.05, 4.69) is 4.98 Å². The maximum absolute atomic E-state index is 5.95. The Labute approximate surface area is 114 Å². The summed E-state index contributed by atoms with van der Waals surface area (Å²) in [4.78, 5) is 4.49. The zero-order valence-corrected chi connectivity index (χ0v) is 10.8. The lowest BCUT2D eigenvalue weighted by Gasteiger charge is -1.97. The highest BCUT2D eigenvalue weighted by Gasteiger charge is 2.07. The van der Waals surface area contributed by atoms with Gasteiger partial charge < -0.3 is 10.1 Å². The van der Waals surface area contributed by atoms with Crippen molar-refractivity contribution in [3.63, 3.8) is 0 Å². The number of aromatic nitrogens is 2. The van der Waals surface area contributed by atoms with Gasteiger partial charge in [0.15, 0.2) is 5.65 Å². The molecule has 5 heteroatoms. The standard InChI is InChI=1S/C13H9Cl2N3/c14-9-3-1-8(2-4-9)12-7-18-6-10(15)5-11(16)13(18)17-12/h1-7H,16H2. The van der Waals surface area contributed by atoms with Crippen molar-refractivity contribution in [3.8, 4) is 11.3 Å². The Balaban J connectivity index is 2.19. The summed E-state index contributed by atoms with van der Waals surface area (Å²) < 4.78 is 1.82. The molecule has 0 aliphatic rings. The first kappa shape index (κ1) is 11.4. The smallest absolute Gasteiger partial charge is 0.160 e. The van der Waals surface area contributed by atoms with E-state index in [0.29, 0.717) is 21.4 Å². The highest BCUT2D eigenvalue weighted by atomic mass is 35.5. The molecule has 3 rings (SSSR count). The fraction of sp³-hybridized carbons (Fsp3) is 0. The van der Waals surface area contributed by atoms with Gasteiger partial charge in [-0.05, 0) is 18.2 Å². The summed E-state index contributed by atoms with van der Waals surface area (Å²) in [5.74, 6) is 0. The van der Waals surface area contributed by atoms with Crippen LogP contribution in [0.3, 0.4) is 0 Å². The van der Waals surface area contributed by atoms with Crippen molar-refractivity contribution in [2.45, 2.75) is 0 Å². The van der Waals surface area contributed by atoms with E-state index in [-0.39, 0.29) is 0 Å². The Bertz CT molecular complexity index is 717. The van der Waals surface area contributed by atoms with Gasteiger partial charge in [-0.25, -0.2) is 4.98 Å². The molecule has 0 radical (unpaired) electrons. The molecule has 0 fully saturated rings. The van der Waals surface area contributed by atoms with Gasteiger partial charge in [0.1, 0.15) is 0 Å². The first-order valence-electron chi connectivity index (χ1n) is 5.33. The van der Waals surface area contributed by atoms with Crippen LogP contribution < -0.4 is 5.73 Å². The van der Waals surface area contributed by atoms with E-state index in [1.54, 1.807) is 12.3 Å². The molecule has 2 aromatic heterocycles. The SMILES string of the molecule is Nc1cc(Cl)cn2cc(-c3ccc(Cl)cc3)nc12. The third kappa shape index (κ3) is 1.92. The normalized spacial score (nSPS) is 11.0. The number of nitrogens with zero attached hydrogens (tertiary/aromatic N) is 2. The Morgan fingerprint density at radius 1 is 1.00 bits per heavy atom. The Morgan fingerprint density at radius 2 is 1.72 bits per heavy atom. The van der Waals surface area contributed by atoms with Gasteiger partial charge in [0.2, 0.25) is 0 Å². The van der Waals surface area contributed by atoms with Crippen molar-refractivity contribution in [1.29, 1.82) is 0 Å². The molecule has 2 heterocycles. The third-order valence-electron chi connectivity index (χ3n) is 2.69.